The Bertz CT molecular complexity index is 514. The molecule has 180 valence electrons. The number of carbonyl (C=O) groups is 2. The van der Waals surface area contributed by atoms with Crippen molar-refractivity contribution in [2.75, 3.05) is 13.2 Å². The van der Waals surface area contributed by atoms with Crippen molar-refractivity contribution >= 4 is 11.9 Å². The maximum atomic E-state index is 11.7. The van der Waals surface area contributed by atoms with E-state index in [1.54, 1.807) is 0 Å². The molecule has 2 unspecified atom stereocenters. The Morgan fingerprint density at radius 1 is 0.871 bits per heavy atom. The van der Waals surface area contributed by atoms with E-state index in [0.717, 1.165) is 57.8 Å². The minimum absolute atomic E-state index is 0.178. The van der Waals surface area contributed by atoms with Crippen molar-refractivity contribution in [1.29, 1.82) is 0 Å². The van der Waals surface area contributed by atoms with Crippen LogP contribution in [0.1, 0.15) is 97.3 Å². The highest BCUT2D eigenvalue weighted by atomic mass is 16.6. The van der Waals surface area contributed by atoms with Crippen LogP contribution in [0.4, 0.5) is 0 Å². The molecule has 0 fully saturated rings. The molecular formula is C25H44O6. The van der Waals surface area contributed by atoms with Crippen molar-refractivity contribution in [2.24, 2.45) is 0 Å². The molecule has 2 N–H and O–H groups in total. The zero-order valence-corrected chi connectivity index (χ0v) is 19.7. The molecule has 0 heterocycles. The summed E-state index contributed by atoms with van der Waals surface area (Å²) < 4.78 is 9.79. The van der Waals surface area contributed by atoms with Gasteiger partial charge in [0.1, 0.15) is 19.3 Å². The van der Waals surface area contributed by atoms with Gasteiger partial charge in [-0.1, -0.05) is 70.6 Å². The van der Waals surface area contributed by atoms with E-state index in [0.29, 0.717) is 6.42 Å². The molecule has 6 nitrogen and oxygen atoms in total. The molecule has 0 aromatic carbocycles. The molecule has 0 aliphatic heterocycles. The smallest absolute Gasteiger partial charge is 0.333 e. The number of aliphatic hydroxyl groups is 2. The molecule has 0 radical (unpaired) electrons. The van der Waals surface area contributed by atoms with Crippen LogP contribution in [-0.2, 0) is 19.1 Å². The average Bonchev–Trinajstić information content (AvgIpc) is 2.74. The van der Waals surface area contributed by atoms with E-state index in [4.69, 9.17) is 9.47 Å². The molecule has 0 aliphatic carbocycles. The zero-order chi connectivity index (χ0) is 23.3. The lowest BCUT2D eigenvalue weighted by atomic mass is 10.1. The first-order chi connectivity index (χ1) is 14.9. The Morgan fingerprint density at radius 3 is 2.23 bits per heavy atom. The Morgan fingerprint density at radius 2 is 1.52 bits per heavy atom. The average molecular weight is 441 g/mol. The molecule has 0 spiro atoms. The normalized spacial score (nSPS) is 13.2. The molecule has 0 saturated heterocycles. The second-order valence-corrected chi connectivity index (χ2v) is 8.23. The summed E-state index contributed by atoms with van der Waals surface area (Å²) in [5.41, 5.74) is 0.257. The molecule has 6 heteroatoms. The second-order valence-electron chi connectivity index (χ2n) is 8.23. The lowest BCUT2D eigenvalue weighted by Gasteiger charge is -2.12. The molecule has 0 aromatic heterocycles. The maximum Gasteiger partial charge on any atom is 0.333 e. The van der Waals surface area contributed by atoms with Crippen LogP contribution in [0.2, 0.25) is 0 Å². The fourth-order valence-corrected chi connectivity index (χ4v) is 2.96. The van der Waals surface area contributed by atoms with Gasteiger partial charge in [-0.05, 0) is 39.0 Å². The number of ether oxygens (including phenoxy) is 2. The van der Waals surface area contributed by atoms with Crippen LogP contribution in [0.15, 0.2) is 24.3 Å². The number of hydrogen-bond acceptors (Lipinski definition) is 6. The van der Waals surface area contributed by atoms with Gasteiger partial charge in [-0.25, -0.2) is 4.79 Å². The monoisotopic (exact) mass is 440 g/mol. The molecule has 0 amide bonds. The quantitative estimate of drug-likeness (QED) is 0.120. The number of rotatable bonds is 20. The van der Waals surface area contributed by atoms with E-state index in [1.165, 1.54) is 26.2 Å². The number of hydrogen-bond donors (Lipinski definition) is 2. The van der Waals surface area contributed by atoms with Gasteiger partial charge in [0.15, 0.2) is 0 Å². The summed E-state index contributed by atoms with van der Waals surface area (Å²) in [5.74, 6) is -0.919. The van der Waals surface area contributed by atoms with Crippen molar-refractivity contribution in [1.82, 2.24) is 0 Å². The first-order valence-electron chi connectivity index (χ1n) is 11.9. The van der Waals surface area contributed by atoms with E-state index >= 15 is 0 Å². The van der Waals surface area contributed by atoms with Crippen LogP contribution in [0, 0.1) is 0 Å². The van der Waals surface area contributed by atoms with Crippen molar-refractivity contribution in [3.05, 3.63) is 24.3 Å². The SMILES string of the molecule is C=C(C)C(=O)OCC(O)COC(=O)CCCCCCC/C=C/CC(O)CCCCCC. The topological polar surface area (TPSA) is 93.1 Å². The first kappa shape index (κ1) is 29.3. The highest BCUT2D eigenvalue weighted by Gasteiger charge is 2.12. The predicted molar refractivity (Wildman–Crippen MR) is 124 cm³/mol. The Labute approximate surface area is 188 Å². The van der Waals surface area contributed by atoms with E-state index in [9.17, 15) is 19.8 Å². The van der Waals surface area contributed by atoms with Gasteiger partial charge in [0.25, 0.3) is 0 Å². The van der Waals surface area contributed by atoms with Gasteiger partial charge in [0.2, 0.25) is 0 Å². The number of unbranched alkanes of at least 4 members (excludes halogenated alkanes) is 8. The minimum Gasteiger partial charge on any atom is -0.463 e. The predicted octanol–water partition coefficient (Wildman–Crippen LogP) is 5.02. The lowest BCUT2D eigenvalue weighted by Crippen LogP contribution is -2.25. The summed E-state index contributed by atoms with van der Waals surface area (Å²) in [6, 6.07) is 0. The molecule has 0 rings (SSSR count). The van der Waals surface area contributed by atoms with Gasteiger partial charge >= 0.3 is 11.9 Å². The first-order valence-corrected chi connectivity index (χ1v) is 11.9. The fourth-order valence-electron chi connectivity index (χ4n) is 2.96. The van der Waals surface area contributed by atoms with Crippen LogP contribution >= 0.6 is 0 Å². The van der Waals surface area contributed by atoms with Gasteiger partial charge in [0.05, 0.1) is 6.10 Å². The van der Waals surface area contributed by atoms with Crippen molar-refractivity contribution in [2.45, 2.75) is 110 Å². The molecule has 0 bridgehead atoms. The van der Waals surface area contributed by atoms with E-state index in [-0.39, 0.29) is 30.9 Å². The molecule has 0 saturated carbocycles. The Hall–Kier alpha value is -1.66. The fraction of sp³-hybridized carbons (Fsp3) is 0.760. The van der Waals surface area contributed by atoms with E-state index < -0.39 is 12.1 Å². The summed E-state index contributed by atoms with van der Waals surface area (Å²) in [6.45, 7) is 6.76. The van der Waals surface area contributed by atoms with E-state index in [2.05, 4.69) is 25.7 Å². The van der Waals surface area contributed by atoms with Crippen molar-refractivity contribution < 1.29 is 29.3 Å². The standard InChI is InChI=1S/C25H44O6/c1-4-5-6-13-16-22(26)17-14-11-9-7-8-10-12-15-18-24(28)30-19-23(27)20-31-25(29)21(2)3/h11,14,22-23,26-27H,2,4-10,12-13,15-20H2,1,3H3/b14-11+. The number of carbonyl (C=O) groups excluding carboxylic acids is 2. The summed E-state index contributed by atoms with van der Waals surface area (Å²) in [4.78, 5) is 22.9. The third-order valence-electron chi connectivity index (χ3n) is 4.91. The van der Waals surface area contributed by atoms with Gasteiger partial charge in [-0.2, -0.15) is 0 Å². The summed E-state index contributed by atoms with van der Waals surface area (Å²) >= 11 is 0. The van der Waals surface area contributed by atoms with Crippen LogP contribution in [0.5, 0.6) is 0 Å². The molecule has 0 aromatic rings. The molecule has 31 heavy (non-hydrogen) atoms. The molecule has 2 atom stereocenters. The van der Waals surface area contributed by atoms with Gasteiger partial charge in [-0.3, -0.25) is 4.79 Å². The van der Waals surface area contributed by atoms with Crippen LogP contribution < -0.4 is 0 Å². The highest BCUT2D eigenvalue weighted by Crippen LogP contribution is 2.11. The van der Waals surface area contributed by atoms with Crippen LogP contribution in [0.3, 0.4) is 0 Å². The molecular weight excluding hydrogens is 396 g/mol. The van der Waals surface area contributed by atoms with E-state index in [1.807, 2.05) is 0 Å². The minimum atomic E-state index is -1.03. The van der Waals surface area contributed by atoms with Crippen LogP contribution in [0.25, 0.3) is 0 Å². The number of esters is 2. The van der Waals surface area contributed by atoms with Gasteiger partial charge in [0, 0.05) is 12.0 Å². The largest absolute Gasteiger partial charge is 0.463 e. The third-order valence-corrected chi connectivity index (χ3v) is 4.91. The Kier molecular flexibility index (Phi) is 19.2. The van der Waals surface area contributed by atoms with Crippen molar-refractivity contribution in [3.8, 4) is 0 Å². The number of allylic oxidation sites excluding steroid dienone is 1. The molecule has 0 aliphatic rings. The van der Waals surface area contributed by atoms with Gasteiger partial charge in [-0.15, -0.1) is 0 Å². The third kappa shape index (κ3) is 20.0. The van der Waals surface area contributed by atoms with Crippen LogP contribution in [-0.4, -0.2) is 47.6 Å². The van der Waals surface area contributed by atoms with Gasteiger partial charge < -0.3 is 19.7 Å². The zero-order valence-electron chi connectivity index (χ0n) is 19.7. The van der Waals surface area contributed by atoms with Crippen molar-refractivity contribution in [3.63, 3.8) is 0 Å². The maximum absolute atomic E-state index is 11.7. The summed E-state index contributed by atoms with van der Waals surface area (Å²) in [5, 5.41) is 19.5. The second kappa shape index (κ2) is 20.3. The lowest BCUT2D eigenvalue weighted by molar-refractivity contribution is -0.150. The highest BCUT2D eigenvalue weighted by molar-refractivity contribution is 5.86. The summed E-state index contributed by atoms with van der Waals surface area (Å²) in [7, 11) is 0. The summed E-state index contributed by atoms with van der Waals surface area (Å²) in [6.07, 6.45) is 15.8. The Balaban J connectivity index is 3.50. The number of aliphatic hydroxyl groups excluding tert-OH is 2.